The first-order chi connectivity index (χ1) is 9.08. The number of nitrogens with zero attached hydrogens (tertiary/aromatic N) is 2. The molecule has 6 nitrogen and oxygen atoms in total. The lowest BCUT2D eigenvalue weighted by atomic mass is 10.1. The summed E-state index contributed by atoms with van der Waals surface area (Å²) >= 11 is 0. The summed E-state index contributed by atoms with van der Waals surface area (Å²) in [6.07, 6.45) is 1.64. The van der Waals surface area contributed by atoms with Gasteiger partial charge in [0.2, 0.25) is 5.91 Å². The van der Waals surface area contributed by atoms with E-state index >= 15 is 0 Å². The third-order valence-corrected chi connectivity index (χ3v) is 3.38. The molecule has 1 unspecified atom stereocenters. The Kier molecular flexibility index (Phi) is 4.21. The minimum atomic E-state index is -1.07. The van der Waals surface area contributed by atoms with Crippen molar-refractivity contribution in [3.63, 3.8) is 0 Å². The Labute approximate surface area is 111 Å². The Balaban J connectivity index is 1.82. The van der Waals surface area contributed by atoms with Gasteiger partial charge in [-0.15, -0.1) is 0 Å². The lowest BCUT2D eigenvalue weighted by Crippen LogP contribution is -2.50. The van der Waals surface area contributed by atoms with Crippen molar-refractivity contribution in [3.05, 3.63) is 24.2 Å². The maximum absolute atomic E-state index is 11.9. The molecule has 0 radical (unpaired) electrons. The van der Waals surface area contributed by atoms with E-state index in [-0.39, 0.29) is 5.91 Å². The topological polar surface area (TPSA) is 74.0 Å². The molecule has 1 aliphatic rings. The van der Waals surface area contributed by atoms with Crippen molar-refractivity contribution >= 4 is 11.9 Å². The molecule has 1 aromatic heterocycles. The SMILES string of the molecule is CC(C(=O)O)C(=O)N1CCN(Cc2ccco2)CC1. The number of furan rings is 1. The number of aliphatic carboxylic acids is 1. The summed E-state index contributed by atoms with van der Waals surface area (Å²) in [5.74, 6) is -1.43. The molecule has 104 valence electrons. The molecule has 2 heterocycles. The molecule has 1 fully saturated rings. The molecule has 0 spiro atoms. The highest BCUT2D eigenvalue weighted by Gasteiger charge is 2.28. The fourth-order valence-corrected chi connectivity index (χ4v) is 2.13. The number of piperazine rings is 1. The molecule has 1 aliphatic heterocycles. The van der Waals surface area contributed by atoms with Crippen LogP contribution in [-0.2, 0) is 16.1 Å². The van der Waals surface area contributed by atoms with Crippen LogP contribution >= 0.6 is 0 Å². The zero-order valence-electron chi connectivity index (χ0n) is 10.9. The average molecular weight is 266 g/mol. The third-order valence-electron chi connectivity index (χ3n) is 3.38. The first-order valence-corrected chi connectivity index (χ1v) is 6.34. The quantitative estimate of drug-likeness (QED) is 0.810. The Morgan fingerprint density at radius 1 is 1.37 bits per heavy atom. The molecule has 1 atom stereocenters. The molecule has 0 bridgehead atoms. The Morgan fingerprint density at radius 3 is 2.58 bits per heavy atom. The van der Waals surface area contributed by atoms with E-state index in [4.69, 9.17) is 9.52 Å². The molecule has 1 aromatic rings. The lowest BCUT2D eigenvalue weighted by Gasteiger charge is -2.35. The number of carboxylic acid groups (broad SMARTS) is 1. The van der Waals surface area contributed by atoms with Crippen LogP contribution in [0.1, 0.15) is 12.7 Å². The van der Waals surface area contributed by atoms with Crippen molar-refractivity contribution in [2.24, 2.45) is 5.92 Å². The number of carboxylic acids is 1. The summed E-state index contributed by atoms with van der Waals surface area (Å²) in [7, 11) is 0. The summed E-state index contributed by atoms with van der Waals surface area (Å²) in [6, 6.07) is 3.77. The first-order valence-electron chi connectivity index (χ1n) is 6.34. The van der Waals surface area contributed by atoms with Crippen molar-refractivity contribution in [2.75, 3.05) is 26.2 Å². The van der Waals surface area contributed by atoms with Gasteiger partial charge in [-0.25, -0.2) is 0 Å². The molecule has 1 amide bonds. The fourth-order valence-electron chi connectivity index (χ4n) is 2.13. The van der Waals surface area contributed by atoms with E-state index in [1.807, 2.05) is 12.1 Å². The second-order valence-electron chi connectivity index (χ2n) is 4.74. The van der Waals surface area contributed by atoms with Gasteiger partial charge < -0.3 is 14.4 Å². The number of amides is 1. The van der Waals surface area contributed by atoms with Crippen molar-refractivity contribution in [1.82, 2.24) is 9.80 Å². The largest absolute Gasteiger partial charge is 0.481 e. The normalized spacial score (nSPS) is 18.3. The van der Waals surface area contributed by atoms with Crippen LogP contribution < -0.4 is 0 Å². The van der Waals surface area contributed by atoms with Crippen LogP contribution in [0, 0.1) is 5.92 Å². The van der Waals surface area contributed by atoms with E-state index in [9.17, 15) is 9.59 Å². The highest BCUT2D eigenvalue weighted by Crippen LogP contribution is 2.11. The molecule has 2 rings (SSSR count). The monoisotopic (exact) mass is 266 g/mol. The van der Waals surface area contributed by atoms with E-state index < -0.39 is 11.9 Å². The van der Waals surface area contributed by atoms with Gasteiger partial charge in [0.25, 0.3) is 0 Å². The molecule has 0 saturated carbocycles. The number of carbonyl (C=O) groups excluding carboxylic acids is 1. The van der Waals surface area contributed by atoms with Crippen LogP contribution in [0.5, 0.6) is 0 Å². The smallest absolute Gasteiger partial charge is 0.315 e. The van der Waals surface area contributed by atoms with Crippen LogP contribution in [0.4, 0.5) is 0 Å². The summed E-state index contributed by atoms with van der Waals surface area (Å²) in [5, 5.41) is 8.84. The van der Waals surface area contributed by atoms with Crippen LogP contribution in [0.15, 0.2) is 22.8 Å². The van der Waals surface area contributed by atoms with Crippen LogP contribution in [-0.4, -0.2) is 53.0 Å². The number of carbonyl (C=O) groups is 2. The highest BCUT2D eigenvalue weighted by molar-refractivity contribution is 5.96. The van der Waals surface area contributed by atoms with Gasteiger partial charge in [-0.2, -0.15) is 0 Å². The predicted molar refractivity (Wildman–Crippen MR) is 67.4 cm³/mol. The van der Waals surface area contributed by atoms with Crippen LogP contribution in [0.2, 0.25) is 0 Å². The summed E-state index contributed by atoms with van der Waals surface area (Å²) in [4.78, 5) is 26.5. The standard InChI is InChI=1S/C13H18N2O4/c1-10(13(17)18)12(16)15-6-4-14(5-7-15)9-11-3-2-8-19-11/h2-3,8,10H,4-7,9H2,1H3,(H,17,18). The summed E-state index contributed by atoms with van der Waals surface area (Å²) in [6.45, 7) is 4.76. The second-order valence-corrected chi connectivity index (χ2v) is 4.74. The lowest BCUT2D eigenvalue weighted by molar-refractivity contribution is -0.151. The molecule has 1 saturated heterocycles. The highest BCUT2D eigenvalue weighted by atomic mass is 16.4. The molecular weight excluding hydrogens is 248 g/mol. The van der Waals surface area contributed by atoms with Crippen LogP contribution in [0.25, 0.3) is 0 Å². The van der Waals surface area contributed by atoms with Gasteiger partial charge in [-0.05, 0) is 19.1 Å². The molecule has 0 aliphatic carbocycles. The van der Waals surface area contributed by atoms with Crippen molar-refractivity contribution in [3.8, 4) is 0 Å². The first kappa shape index (κ1) is 13.6. The van der Waals surface area contributed by atoms with Crippen molar-refractivity contribution in [1.29, 1.82) is 0 Å². The zero-order chi connectivity index (χ0) is 13.8. The van der Waals surface area contributed by atoms with E-state index in [1.165, 1.54) is 6.92 Å². The van der Waals surface area contributed by atoms with E-state index in [2.05, 4.69) is 4.90 Å². The maximum Gasteiger partial charge on any atom is 0.315 e. The van der Waals surface area contributed by atoms with Crippen LogP contribution in [0.3, 0.4) is 0 Å². The average Bonchev–Trinajstić information content (AvgIpc) is 2.90. The molecule has 1 N–H and O–H groups in total. The molecule has 19 heavy (non-hydrogen) atoms. The second kappa shape index (κ2) is 5.88. The van der Waals surface area contributed by atoms with E-state index in [0.717, 1.165) is 25.4 Å². The summed E-state index contributed by atoms with van der Waals surface area (Å²) in [5.41, 5.74) is 0. The van der Waals surface area contributed by atoms with Gasteiger partial charge in [0, 0.05) is 26.2 Å². The van der Waals surface area contributed by atoms with E-state index in [0.29, 0.717) is 13.1 Å². The van der Waals surface area contributed by atoms with Gasteiger partial charge in [0.15, 0.2) is 0 Å². The van der Waals surface area contributed by atoms with Gasteiger partial charge in [0.1, 0.15) is 11.7 Å². The molecule has 0 aromatic carbocycles. The maximum atomic E-state index is 11.9. The number of rotatable bonds is 4. The summed E-state index contributed by atoms with van der Waals surface area (Å²) < 4.78 is 5.28. The Bertz CT molecular complexity index is 436. The Morgan fingerprint density at radius 2 is 2.05 bits per heavy atom. The fraction of sp³-hybridized carbons (Fsp3) is 0.538. The van der Waals surface area contributed by atoms with E-state index in [1.54, 1.807) is 11.2 Å². The van der Waals surface area contributed by atoms with Gasteiger partial charge in [-0.3, -0.25) is 14.5 Å². The van der Waals surface area contributed by atoms with Gasteiger partial charge in [-0.1, -0.05) is 0 Å². The number of hydrogen-bond donors (Lipinski definition) is 1. The zero-order valence-corrected chi connectivity index (χ0v) is 10.9. The minimum Gasteiger partial charge on any atom is -0.481 e. The third kappa shape index (κ3) is 3.35. The van der Waals surface area contributed by atoms with Crippen molar-refractivity contribution < 1.29 is 19.1 Å². The minimum absolute atomic E-state index is 0.301. The van der Waals surface area contributed by atoms with Crippen molar-refractivity contribution in [2.45, 2.75) is 13.5 Å². The Hall–Kier alpha value is -1.82. The van der Waals surface area contributed by atoms with Gasteiger partial charge in [0.05, 0.1) is 12.8 Å². The number of hydrogen-bond acceptors (Lipinski definition) is 4. The van der Waals surface area contributed by atoms with Gasteiger partial charge >= 0.3 is 5.97 Å². The molecule has 6 heteroatoms. The predicted octanol–water partition coefficient (Wildman–Crippen LogP) is 0.644. The molecular formula is C13H18N2O4.